The number of carbonyl (C=O) groups excluding carboxylic acids is 1. The fourth-order valence-electron chi connectivity index (χ4n) is 1.31. The number of Topliss-reactive ketones (excluding diaryl/α,β-unsaturated/α-hetero) is 1. The first-order chi connectivity index (χ1) is 7.91. The number of hydrogen-bond acceptors (Lipinski definition) is 1. The third-order valence-electron chi connectivity index (χ3n) is 2.25. The minimum atomic E-state index is -2.26. The van der Waals surface area contributed by atoms with E-state index >= 15 is 0 Å². The van der Waals surface area contributed by atoms with Crippen LogP contribution in [0.3, 0.4) is 0 Å². The monoisotopic (exact) mass is 252 g/mol. The SMILES string of the molecule is CCCCC(=O)c1c(F)c(F)c(F)c(F)c1F. The highest BCUT2D eigenvalue weighted by Crippen LogP contribution is 2.24. The van der Waals surface area contributed by atoms with E-state index in [1.54, 1.807) is 6.92 Å². The number of ketones is 1. The second kappa shape index (κ2) is 5.25. The van der Waals surface area contributed by atoms with Crippen LogP contribution < -0.4 is 0 Å². The summed E-state index contributed by atoms with van der Waals surface area (Å²) in [5.74, 6) is -11.7. The van der Waals surface area contributed by atoms with E-state index in [9.17, 15) is 26.7 Å². The number of benzene rings is 1. The van der Waals surface area contributed by atoms with Gasteiger partial charge in [-0.1, -0.05) is 13.3 Å². The minimum absolute atomic E-state index is 0.255. The van der Waals surface area contributed by atoms with E-state index in [0.29, 0.717) is 12.8 Å². The van der Waals surface area contributed by atoms with Gasteiger partial charge in [0, 0.05) is 6.42 Å². The molecule has 0 radical (unpaired) electrons. The number of hydrogen-bond donors (Lipinski definition) is 0. The molecule has 0 saturated heterocycles. The summed E-state index contributed by atoms with van der Waals surface area (Å²) in [7, 11) is 0. The van der Waals surface area contributed by atoms with Crippen LogP contribution >= 0.6 is 0 Å². The van der Waals surface area contributed by atoms with Crippen molar-refractivity contribution in [2.45, 2.75) is 26.2 Å². The van der Waals surface area contributed by atoms with Gasteiger partial charge in [0.15, 0.2) is 29.1 Å². The Bertz CT molecular complexity index is 427. The maximum Gasteiger partial charge on any atom is 0.200 e. The van der Waals surface area contributed by atoms with Crippen molar-refractivity contribution in [1.82, 2.24) is 0 Å². The first-order valence-corrected chi connectivity index (χ1v) is 4.96. The highest BCUT2D eigenvalue weighted by Gasteiger charge is 2.28. The molecule has 0 spiro atoms. The fourth-order valence-corrected chi connectivity index (χ4v) is 1.31. The molecule has 0 atom stereocenters. The van der Waals surface area contributed by atoms with Crippen LogP contribution in [0.4, 0.5) is 22.0 Å². The zero-order valence-corrected chi connectivity index (χ0v) is 8.92. The molecule has 1 aromatic rings. The minimum Gasteiger partial charge on any atom is -0.294 e. The quantitative estimate of drug-likeness (QED) is 0.345. The van der Waals surface area contributed by atoms with Crippen molar-refractivity contribution < 1.29 is 26.7 Å². The van der Waals surface area contributed by atoms with E-state index in [4.69, 9.17) is 0 Å². The molecule has 0 aliphatic heterocycles. The van der Waals surface area contributed by atoms with Gasteiger partial charge in [0.2, 0.25) is 5.82 Å². The number of rotatable bonds is 4. The number of unbranched alkanes of at least 4 members (excludes halogenated alkanes) is 1. The number of carbonyl (C=O) groups is 1. The highest BCUT2D eigenvalue weighted by atomic mass is 19.2. The van der Waals surface area contributed by atoms with Crippen molar-refractivity contribution in [3.63, 3.8) is 0 Å². The largest absolute Gasteiger partial charge is 0.294 e. The summed E-state index contributed by atoms with van der Waals surface area (Å²) < 4.78 is 64.5. The van der Waals surface area contributed by atoms with E-state index in [1.165, 1.54) is 0 Å². The van der Waals surface area contributed by atoms with Gasteiger partial charge in [0.05, 0.1) is 5.56 Å². The van der Waals surface area contributed by atoms with Crippen LogP contribution in [0, 0.1) is 29.1 Å². The van der Waals surface area contributed by atoms with Crippen molar-refractivity contribution in [2.75, 3.05) is 0 Å². The van der Waals surface area contributed by atoms with Crippen LogP contribution in [0.25, 0.3) is 0 Å². The van der Waals surface area contributed by atoms with Crippen molar-refractivity contribution in [1.29, 1.82) is 0 Å². The first kappa shape index (κ1) is 13.6. The summed E-state index contributed by atoms with van der Waals surface area (Å²) in [6.07, 6.45) is 0.633. The molecule has 0 aliphatic rings. The Morgan fingerprint density at radius 1 is 0.882 bits per heavy atom. The molecule has 0 saturated carbocycles. The van der Waals surface area contributed by atoms with Gasteiger partial charge in [-0.05, 0) is 6.42 Å². The topological polar surface area (TPSA) is 17.1 Å². The summed E-state index contributed by atoms with van der Waals surface area (Å²) in [4.78, 5) is 11.3. The standard InChI is InChI=1S/C11H9F5O/c1-2-3-4-5(17)6-7(12)9(14)11(16)10(15)8(6)13/h2-4H2,1H3. The molecule has 94 valence electrons. The van der Waals surface area contributed by atoms with Crippen LogP contribution in [0.5, 0.6) is 0 Å². The van der Waals surface area contributed by atoms with Gasteiger partial charge in [-0.2, -0.15) is 0 Å². The fraction of sp³-hybridized carbons (Fsp3) is 0.364. The van der Waals surface area contributed by atoms with Gasteiger partial charge < -0.3 is 0 Å². The third kappa shape index (κ3) is 2.45. The zero-order chi connectivity index (χ0) is 13.2. The molecule has 0 aromatic heterocycles. The van der Waals surface area contributed by atoms with Crippen molar-refractivity contribution in [3.8, 4) is 0 Å². The van der Waals surface area contributed by atoms with Crippen molar-refractivity contribution in [3.05, 3.63) is 34.6 Å². The zero-order valence-electron chi connectivity index (χ0n) is 8.92. The maximum atomic E-state index is 13.1. The summed E-state index contributed by atoms with van der Waals surface area (Å²) in [6.45, 7) is 1.73. The van der Waals surface area contributed by atoms with E-state index in [1.807, 2.05) is 0 Å². The average molecular weight is 252 g/mol. The molecule has 0 aliphatic carbocycles. The third-order valence-corrected chi connectivity index (χ3v) is 2.25. The van der Waals surface area contributed by atoms with Crippen LogP contribution in [-0.2, 0) is 0 Å². The molecule has 0 bridgehead atoms. The molecule has 0 unspecified atom stereocenters. The van der Waals surface area contributed by atoms with Gasteiger partial charge in [0.25, 0.3) is 0 Å². The van der Waals surface area contributed by atoms with Gasteiger partial charge in [-0.15, -0.1) is 0 Å². The van der Waals surface area contributed by atoms with Gasteiger partial charge >= 0.3 is 0 Å². The van der Waals surface area contributed by atoms with Crippen LogP contribution in [0.2, 0.25) is 0 Å². The number of halogens is 5. The molecule has 6 heteroatoms. The Balaban J connectivity index is 3.29. The van der Waals surface area contributed by atoms with Gasteiger partial charge in [-0.3, -0.25) is 4.79 Å². The Morgan fingerprint density at radius 2 is 1.29 bits per heavy atom. The van der Waals surface area contributed by atoms with Crippen molar-refractivity contribution in [2.24, 2.45) is 0 Å². The highest BCUT2D eigenvalue weighted by molar-refractivity contribution is 5.96. The second-order valence-electron chi connectivity index (χ2n) is 3.47. The Labute approximate surface area is 94.2 Å². The Hall–Kier alpha value is -1.46. The van der Waals surface area contributed by atoms with Gasteiger partial charge in [-0.25, -0.2) is 22.0 Å². The van der Waals surface area contributed by atoms with Crippen LogP contribution in [0.15, 0.2) is 0 Å². The van der Waals surface area contributed by atoms with E-state index in [0.717, 1.165) is 0 Å². The molecule has 1 aromatic carbocycles. The lowest BCUT2D eigenvalue weighted by Crippen LogP contribution is -2.12. The summed E-state index contributed by atoms with van der Waals surface area (Å²) in [6, 6.07) is 0. The normalized spacial score (nSPS) is 10.7. The van der Waals surface area contributed by atoms with E-state index in [-0.39, 0.29) is 6.42 Å². The molecule has 17 heavy (non-hydrogen) atoms. The molecule has 0 amide bonds. The first-order valence-electron chi connectivity index (χ1n) is 4.96. The average Bonchev–Trinajstić information content (AvgIpc) is 2.31. The van der Waals surface area contributed by atoms with Crippen molar-refractivity contribution >= 4 is 5.78 Å². The van der Waals surface area contributed by atoms with Crippen LogP contribution in [0.1, 0.15) is 36.5 Å². The van der Waals surface area contributed by atoms with E-state index < -0.39 is 40.4 Å². The molecule has 1 rings (SSSR count). The summed E-state index contributed by atoms with van der Waals surface area (Å²) >= 11 is 0. The molecule has 0 heterocycles. The lowest BCUT2D eigenvalue weighted by Gasteiger charge is -2.06. The predicted molar refractivity (Wildman–Crippen MR) is 50.1 cm³/mol. The summed E-state index contributed by atoms with van der Waals surface area (Å²) in [5, 5.41) is 0. The molecular formula is C11H9F5O. The molecular weight excluding hydrogens is 243 g/mol. The van der Waals surface area contributed by atoms with E-state index in [2.05, 4.69) is 0 Å². The van der Waals surface area contributed by atoms with Gasteiger partial charge in [0.1, 0.15) is 0 Å². The lowest BCUT2D eigenvalue weighted by molar-refractivity contribution is 0.0968. The Kier molecular flexibility index (Phi) is 4.20. The second-order valence-corrected chi connectivity index (χ2v) is 3.47. The van der Waals surface area contributed by atoms with Crippen LogP contribution in [-0.4, -0.2) is 5.78 Å². The lowest BCUT2D eigenvalue weighted by atomic mass is 10.0. The predicted octanol–water partition coefficient (Wildman–Crippen LogP) is 3.76. The molecule has 0 fully saturated rings. The molecule has 0 N–H and O–H groups in total. The molecule has 1 nitrogen and oxygen atoms in total. The maximum absolute atomic E-state index is 13.1. The Morgan fingerprint density at radius 3 is 1.71 bits per heavy atom. The smallest absolute Gasteiger partial charge is 0.200 e. The summed E-state index contributed by atoms with van der Waals surface area (Å²) in [5.41, 5.74) is -1.35.